The van der Waals surface area contributed by atoms with Gasteiger partial charge in [-0.05, 0) is 30.4 Å². The molecule has 2 nitrogen and oxygen atoms in total. The van der Waals surface area contributed by atoms with Crippen molar-refractivity contribution in [3.8, 4) is 0 Å². The minimum atomic E-state index is 0.112. The summed E-state index contributed by atoms with van der Waals surface area (Å²) in [7, 11) is 0. The quantitative estimate of drug-likeness (QED) is 0.568. The van der Waals surface area contributed by atoms with Crippen LogP contribution in [-0.4, -0.2) is 23.5 Å². The van der Waals surface area contributed by atoms with Crippen molar-refractivity contribution in [2.45, 2.75) is 31.6 Å². The molecule has 0 heterocycles. The van der Waals surface area contributed by atoms with E-state index in [2.05, 4.69) is 35.1 Å². The Morgan fingerprint density at radius 1 is 1.32 bits per heavy atom. The zero-order valence-electron chi connectivity index (χ0n) is 11.6. The molecular weight excluding hydrogens is 322 g/mol. The standard InChI is InChI=1S/C15H22BrNOS/c1-15(2,9-6-10-16)12-17-14(18)11-19-13-7-4-3-5-8-13/h3-5,7-8H,6,9-12H2,1-2H3,(H,17,18). The van der Waals surface area contributed by atoms with Crippen molar-refractivity contribution in [3.63, 3.8) is 0 Å². The summed E-state index contributed by atoms with van der Waals surface area (Å²) in [5.41, 5.74) is 0.168. The number of nitrogens with one attached hydrogen (secondary N) is 1. The van der Waals surface area contributed by atoms with E-state index in [4.69, 9.17) is 0 Å². The van der Waals surface area contributed by atoms with Crippen LogP contribution >= 0.6 is 27.7 Å². The van der Waals surface area contributed by atoms with Gasteiger partial charge in [-0.2, -0.15) is 0 Å². The third-order valence-electron chi connectivity index (χ3n) is 2.86. The fourth-order valence-corrected chi connectivity index (χ4v) is 2.72. The molecule has 106 valence electrons. The van der Waals surface area contributed by atoms with Crippen LogP contribution in [-0.2, 0) is 4.79 Å². The van der Waals surface area contributed by atoms with Crippen molar-refractivity contribution in [1.29, 1.82) is 0 Å². The van der Waals surface area contributed by atoms with Crippen molar-refractivity contribution in [1.82, 2.24) is 5.32 Å². The van der Waals surface area contributed by atoms with Crippen molar-refractivity contribution >= 4 is 33.6 Å². The smallest absolute Gasteiger partial charge is 0.230 e. The van der Waals surface area contributed by atoms with Gasteiger partial charge < -0.3 is 5.32 Å². The molecule has 1 amide bonds. The Morgan fingerprint density at radius 2 is 2.00 bits per heavy atom. The van der Waals surface area contributed by atoms with Gasteiger partial charge >= 0.3 is 0 Å². The zero-order valence-corrected chi connectivity index (χ0v) is 14.0. The van der Waals surface area contributed by atoms with Crippen LogP contribution in [0, 0.1) is 5.41 Å². The predicted octanol–water partition coefficient (Wildman–Crippen LogP) is 4.10. The van der Waals surface area contributed by atoms with Gasteiger partial charge in [0, 0.05) is 16.8 Å². The van der Waals surface area contributed by atoms with Crippen molar-refractivity contribution in [2.75, 3.05) is 17.6 Å². The third-order valence-corrected chi connectivity index (χ3v) is 4.44. The number of thioether (sulfide) groups is 1. The molecule has 1 N–H and O–H groups in total. The molecular formula is C15H22BrNOS. The van der Waals surface area contributed by atoms with Crippen molar-refractivity contribution < 1.29 is 4.79 Å². The fourth-order valence-electron chi connectivity index (χ4n) is 1.69. The summed E-state index contributed by atoms with van der Waals surface area (Å²) in [6.45, 7) is 5.13. The van der Waals surface area contributed by atoms with E-state index >= 15 is 0 Å². The molecule has 0 aliphatic heterocycles. The Kier molecular flexibility index (Phi) is 7.54. The fraction of sp³-hybridized carbons (Fsp3) is 0.533. The molecule has 1 rings (SSSR count). The molecule has 0 aliphatic rings. The molecule has 0 saturated heterocycles. The van der Waals surface area contributed by atoms with E-state index in [9.17, 15) is 4.79 Å². The molecule has 19 heavy (non-hydrogen) atoms. The van der Waals surface area contributed by atoms with Crippen LogP contribution in [0.5, 0.6) is 0 Å². The highest BCUT2D eigenvalue weighted by Gasteiger charge is 2.18. The lowest BCUT2D eigenvalue weighted by Gasteiger charge is -2.24. The molecule has 0 atom stereocenters. The van der Waals surface area contributed by atoms with E-state index in [-0.39, 0.29) is 11.3 Å². The van der Waals surface area contributed by atoms with Crippen LogP contribution in [0.3, 0.4) is 0 Å². The van der Waals surface area contributed by atoms with Crippen molar-refractivity contribution in [3.05, 3.63) is 30.3 Å². The number of hydrogen-bond donors (Lipinski definition) is 1. The first-order chi connectivity index (χ1) is 9.03. The average Bonchev–Trinajstić information content (AvgIpc) is 2.42. The Labute approximate surface area is 128 Å². The van der Waals surface area contributed by atoms with Gasteiger partial charge in [0.25, 0.3) is 0 Å². The summed E-state index contributed by atoms with van der Waals surface area (Å²) < 4.78 is 0. The lowest BCUT2D eigenvalue weighted by atomic mass is 9.88. The Bertz CT molecular complexity index is 381. The normalized spacial score (nSPS) is 11.3. The van der Waals surface area contributed by atoms with E-state index < -0.39 is 0 Å². The molecule has 4 heteroatoms. The summed E-state index contributed by atoms with van der Waals surface area (Å²) in [5.74, 6) is 0.596. The van der Waals surface area contributed by atoms with Gasteiger partial charge in [-0.3, -0.25) is 4.79 Å². The maximum absolute atomic E-state index is 11.8. The number of carbonyl (C=O) groups excluding carboxylic acids is 1. The van der Waals surface area contributed by atoms with E-state index in [1.54, 1.807) is 11.8 Å². The second-order valence-corrected chi connectivity index (χ2v) is 7.18. The number of amides is 1. The highest BCUT2D eigenvalue weighted by Crippen LogP contribution is 2.22. The summed E-state index contributed by atoms with van der Waals surface area (Å²) >= 11 is 5.02. The number of alkyl halides is 1. The average molecular weight is 344 g/mol. The maximum atomic E-state index is 11.8. The predicted molar refractivity (Wildman–Crippen MR) is 87.0 cm³/mol. The molecule has 0 unspecified atom stereocenters. The third kappa shape index (κ3) is 7.63. The molecule has 0 saturated carbocycles. The van der Waals surface area contributed by atoms with Crippen LogP contribution in [0.15, 0.2) is 35.2 Å². The van der Waals surface area contributed by atoms with Gasteiger partial charge in [-0.1, -0.05) is 48.0 Å². The second-order valence-electron chi connectivity index (χ2n) is 5.34. The molecule has 1 aromatic carbocycles. The van der Waals surface area contributed by atoms with Crippen molar-refractivity contribution in [2.24, 2.45) is 5.41 Å². The second kappa shape index (κ2) is 8.64. The van der Waals surface area contributed by atoms with E-state index in [1.807, 2.05) is 30.3 Å². The molecule has 0 fully saturated rings. The lowest BCUT2D eigenvalue weighted by molar-refractivity contribution is -0.119. The van der Waals surface area contributed by atoms with E-state index in [0.29, 0.717) is 5.75 Å². The molecule has 0 radical (unpaired) electrons. The van der Waals surface area contributed by atoms with Gasteiger partial charge in [0.15, 0.2) is 0 Å². The molecule has 0 spiro atoms. The zero-order chi connectivity index (χ0) is 14.1. The number of halogens is 1. The number of benzene rings is 1. The monoisotopic (exact) mass is 343 g/mol. The Balaban J connectivity index is 2.24. The Morgan fingerprint density at radius 3 is 2.63 bits per heavy atom. The summed E-state index contributed by atoms with van der Waals surface area (Å²) in [6.07, 6.45) is 2.26. The lowest BCUT2D eigenvalue weighted by Crippen LogP contribution is -2.35. The molecule has 1 aromatic rings. The summed E-state index contributed by atoms with van der Waals surface area (Å²) in [5, 5.41) is 4.05. The van der Waals surface area contributed by atoms with Crippen LogP contribution < -0.4 is 5.32 Å². The number of hydrogen-bond acceptors (Lipinski definition) is 2. The Hall–Kier alpha value is -0.480. The van der Waals surface area contributed by atoms with Gasteiger partial charge in [-0.25, -0.2) is 0 Å². The summed E-state index contributed by atoms with van der Waals surface area (Å²) in [6, 6.07) is 10.0. The van der Waals surface area contributed by atoms with Gasteiger partial charge in [0.2, 0.25) is 5.91 Å². The molecule has 0 aliphatic carbocycles. The largest absolute Gasteiger partial charge is 0.355 e. The van der Waals surface area contributed by atoms with Gasteiger partial charge in [0.05, 0.1) is 5.75 Å². The minimum Gasteiger partial charge on any atom is -0.355 e. The van der Waals surface area contributed by atoms with Crippen LogP contribution in [0.25, 0.3) is 0 Å². The maximum Gasteiger partial charge on any atom is 0.230 e. The minimum absolute atomic E-state index is 0.112. The number of rotatable bonds is 8. The molecule has 0 bridgehead atoms. The molecule has 0 aromatic heterocycles. The first kappa shape index (κ1) is 16.6. The topological polar surface area (TPSA) is 29.1 Å². The SMILES string of the molecule is CC(C)(CCCBr)CNC(=O)CSc1ccccc1. The van der Waals surface area contributed by atoms with Crippen LogP contribution in [0.1, 0.15) is 26.7 Å². The van der Waals surface area contributed by atoms with Gasteiger partial charge in [0.1, 0.15) is 0 Å². The number of carbonyl (C=O) groups is 1. The van der Waals surface area contributed by atoms with Gasteiger partial charge in [-0.15, -0.1) is 11.8 Å². The first-order valence-electron chi connectivity index (χ1n) is 6.54. The summed E-state index contributed by atoms with van der Waals surface area (Å²) in [4.78, 5) is 12.9. The highest BCUT2D eigenvalue weighted by atomic mass is 79.9. The van der Waals surface area contributed by atoms with Crippen LogP contribution in [0.2, 0.25) is 0 Å². The first-order valence-corrected chi connectivity index (χ1v) is 8.65. The van der Waals surface area contributed by atoms with E-state index in [0.717, 1.165) is 29.6 Å². The highest BCUT2D eigenvalue weighted by molar-refractivity contribution is 9.09. The van der Waals surface area contributed by atoms with Crippen LogP contribution in [0.4, 0.5) is 0 Å². The van der Waals surface area contributed by atoms with E-state index in [1.165, 1.54) is 0 Å².